The lowest BCUT2D eigenvalue weighted by Crippen LogP contribution is -2.14. The molecule has 0 aliphatic rings. The Kier molecular flexibility index (Phi) is 6.77. The van der Waals surface area contributed by atoms with Crippen molar-refractivity contribution < 1.29 is 33.7 Å². The van der Waals surface area contributed by atoms with Gasteiger partial charge in [0, 0.05) is 13.5 Å². The van der Waals surface area contributed by atoms with Crippen LogP contribution in [0, 0.1) is 10.1 Å². The number of carbonyl (C=O) groups excluding carboxylic acids is 2. The van der Waals surface area contributed by atoms with Gasteiger partial charge in [0.2, 0.25) is 0 Å². The number of esters is 2. The maximum absolute atomic E-state index is 12.0. The Morgan fingerprint density at radius 3 is 2.59 bits per heavy atom. The number of hydrogen-bond acceptors (Lipinski definition) is 8. The Morgan fingerprint density at radius 2 is 2.00 bits per heavy atom. The first-order valence-electron chi connectivity index (χ1n) is 6.33. The van der Waals surface area contributed by atoms with Gasteiger partial charge in [-0.25, -0.2) is 4.79 Å². The lowest BCUT2D eigenvalue weighted by Gasteiger charge is -2.10. The summed E-state index contributed by atoms with van der Waals surface area (Å²) in [5, 5.41) is 9.30. The van der Waals surface area contributed by atoms with E-state index in [1.165, 1.54) is 12.1 Å². The Bertz CT molecular complexity index is 557. The van der Waals surface area contributed by atoms with Crippen molar-refractivity contribution in [3.63, 3.8) is 0 Å². The minimum atomic E-state index is -1.02. The Balaban J connectivity index is 2.91. The standard InChI is InChI=1S/C13H15NO8/c1-3-19-6-7-20-13(16)11-8-10(22-14(17)18)4-5-12(11)21-9(2)15/h4-5,8H,3,6-7H2,1-2H3. The third-order valence-corrected chi connectivity index (χ3v) is 2.27. The molecule has 1 rings (SSSR count). The van der Waals surface area contributed by atoms with Gasteiger partial charge in [0.1, 0.15) is 23.7 Å². The van der Waals surface area contributed by atoms with Crippen LogP contribution >= 0.6 is 0 Å². The second-order valence-electron chi connectivity index (χ2n) is 3.90. The maximum Gasteiger partial charge on any atom is 0.342 e. The van der Waals surface area contributed by atoms with Crippen molar-refractivity contribution in [3.8, 4) is 11.5 Å². The summed E-state index contributed by atoms with van der Waals surface area (Å²) in [6, 6.07) is 3.46. The van der Waals surface area contributed by atoms with Crippen molar-refractivity contribution in [2.75, 3.05) is 19.8 Å². The summed E-state index contributed by atoms with van der Waals surface area (Å²) in [6.07, 6.45) is 0. The van der Waals surface area contributed by atoms with Crippen LogP contribution in [0.5, 0.6) is 11.5 Å². The van der Waals surface area contributed by atoms with Crippen LogP contribution in [0.2, 0.25) is 0 Å². The van der Waals surface area contributed by atoms with Gasteiger partial charge in [-0.1, -0.05) is 0 Å². The molecule has 22 heavy (non-hydrogen) atoms. The first-order valence-corrected chi connectivity index (χ1v) is 6.33. The van der Waals surface area contributed by atoms with Crippen LogP contribution in [-0.2, 0) is 14.3 Å². The third kappa shape index (κ3) is 5.75. The third-order valence-electron chi connectivity index (χ3n) is 2.27. The fourth-order valence-corrected chi connectivity index (χ4v) is 1.47. The van der Waals surface area contributed by atoms with Crippen molar-refractivity contribution >= 4 is 11.9 Å². The summed E-state index contributed by atoms with van der Waals surface area (Å²) in [7, 11) is 0. The van der Waals surface area contributed by atoms with Gasteiger partial charge >= 0.3 is 11.9 Å². The zero-order valence-corrected chi connectivity index (χ0v) is 12.1. The van der Waals surface area contributed by atoms with E-state index in [9.17, 15) is 19.7 Å². The van der Waals surface area contributed by atoms with E-state index < -0.39 is 17.0 Å². The Hall–Kier alpha value is -2.68. The molecule has 0 unspecified atom stereocenters. The van der Waals surface area contributed by atoms with Crippen LogP contribution in [0.3, 0.4) is 0 Å². The van der Waals surface area contributed by atoms with Gasteiger partial charge in [-0.15, -0.1) is 10.1 Å². The molecule has 0 aromatic heterocycles. The molecule has 9 nitrogen and oxygen atoms in total. The summed E-state index contributed by atoms with van der Waals surface area (Å²) in [4.78, 5) is 37.5. The summed E-state index contributed by atoms with van der Waals surface area (Å²) < 4.78 is 14.8. The fraction of sp³-hybridized carbons (Fsp3) is 0.385. The van der Waals surface area contributed by atoms with Crippen molar-refractivity contribution in [3.05, 3.63) is 33.9 Å². The number of hydrogen-bond donors (Lipinski definition) is 0. The van der Waals surface area contributed by atoms with Gasteiger partial charge in [0.15, 0.2) is 0 Å². The van der Waals surface area contributed by atoms with Crippen molar-refractivity contribution in [1.29, 1.82) is 0 Å². The smallest absolute Gasteiger partial charge is 0.342 e. The molecule has 0 spiro atoms. The molecule has 0 aliphatic heterocycles. The molecule has 0 aliphatic carbocycles. The molecular formula is C13H15NO8. The Labute approximate surface area is 125 Å². The predicted molar refractivity (Wildman–Crippen MR) is 72.1 cm³/mol. The lowest BCUT2D eigenvalue weighted by atomic mass is 10.2. The highest BCUT2D eigenvalue weighted by molar-refractivity contribution is 5.94. The van der Waals surface area contributed by atoms with E-state index in [0.29, 0.717) is 6.61 Å². The Morgan fingerprint density at radius 1 is 1.27 bits per heavy atom. The minimum absolute atomic E-state index is 0.00743. The first-order chi connectivity index (χ1) is 10.4. The molecular weight excluding hydrogens is 298 g/mol. The van der Waals surface area contributed by atoms with Crippen molar-refractivity contribution in [2.45, 2.75) is 13.8 Å². The zero-order valence-electron chi connectivity index (χ0n) is 12.1. The SMILES string of the molecule is CCOCCOC(=O)c1cc(O[N+](=O)[O-])ccc1OC(C)=O. The van der Waals surface area contributed by atoms with Gasteiger partial charge in [0.05, 0.1) is 6.61 Å². The van der Waals surface area contributed by atoms with Crippen molar-refractivity contribution in [1.82, 2.24) is 0 Å². The second kappa shape index (κ2) is 8.57. The normalized spacial score (nSPS) is 9.91. The summed E-state index contributed by atoms with van der Waals surface area (Å²) in [5.74, 6) is -1.74. The molecule has 1 aromatic carbocycles. The topological polar surface area (TPSA) is 114 Å². The number of rotatable bonds is 8. The van der Waals surface area contributed by atoms with Gasteiger partial charge in [-0.3, -0.25) is 9.63 Å². The fourth-order valence-electron chi connectivity index (χ4n) is 1.47. The largest absolute Gasteiger partial charge is 0.460 e. The second-order valence-corrected chi connectivity index (χ2v) is 3.90. The molecule has 0 saturated carbocycles. The van der Waals surface area contributed by atoms with Gasteiger partial charge in [0.25, 0.3) is 5.09 Å². The van der Waals surface area contributed by atoms with Crippen LogP contribution in [0.4, 0.5) is 0 Å². The average molecular weight is 313 g/mol. The molecule has 0 N–H and O–H groups in total. The molecule has 0 heterocycles. The van der Waals surface area contributed by atoms with E-state index in [1.54, 1.807) is 6.92 Å². The summed E-state index contributed by atoms with van der Waals surface area (Å²) in [5.41, 5.74) is -0.161. The first kappa shape index (κ1) is 17.4. The van der Waals surface area contributed by atoms with Gasteiger partial charge < -0.3 is 14.2 Å². The highest BCUT2D eigenvalue weighted by Crippen LogP contribution is 2.25. The summed E-state index contributed by atoms with van der Waals surface area (Å²) >= 11 is 0. The van der Waals surface area contributed by atoms with Crippen LogP contribution in [0.15, 0.2) is 18.2 Å². The lowest BCUT2D eigenvalue weighted by molar-refractivity contribution is -0.711. The van der Waals surface area contributed by atoms with E-state index in [2.05, 4.69) is 4.84 Å². The molecule has 0 radical (unpaired) electrons. The van der Waals surface area contributed by atoms with E-state index in [-0.39, 0.29) is 30.3 Å². The number of ether oxygens (including phenoxy) is 3. The predicted octanol–water partition coefficient (Wildman–Crippen LogP) is 1.38. The van der Waals surface area contributed by atoms with E-state index in [0.717, 1.165) is 13.0 Å². The number of carbonyl (C=O) groups is 2. The van der Waals surface area contributed by atoms with E-state index in [1.807, 2.05) is 0 Å². The average Bonchev–Trinajstić information content (AvgIpc) is 2.44. The molecule has 1 aromatic rings. The van der Waals surface area contributed by atoms with Crippen LogP contribution < -0.4 is 9.57 Å². The maximum atomic E-state index is 12.0. The highest BCUT2D eigenvalue weighted by atomic mass is 17.0. The van der Waals surface area contributed by atoms with Gasteiger partial charge in [-0.05, 0) is 25.1 Å². The molecule has 120 valence electrons. The summed E-state index contributed by atoms with van der Waals surface area (Å²) in [6.45, 7) is 3.62. The van der Waals surface area contributed by atoms with Gasteiger partial charge in [-0.2, -0.15) is 0 Å². The zero-order chi connectivity index (χ0) is 16.5. The van der Waals surface area contributed by atoms with Crippen LogP contribution in [0.25, 0.3) is 0 Å². The van der Waals surface area contributed by atoms with Crippen molar-refractivity contribution in [2.24, 2.45) is 0 Å². The quantitative estimate of drug-likeness (QED) is 0.232. The molecule has 0 amide bonds. The number of nitrogens with zero attached hydrogens (tertiary/aromatic N) is 1. The van der Waals surface area contributed by atoms with E-state index >= 15 is 0 Å². The van der Waals surface area contributed by atoms with Crippen LogP contribution in [-0.4, -0.2) is 36.8 Å². The highest BCUT2D eigenvalue weighted by Gasteiger charge is 2.17. The monoisotopic (exact) mass is 313 g/mol. The molecule has 9 heteroatoms. The minimum Gasteiger partial charge on any atom is -0.460 e. The molecule has 0 saturated heterocycles. The number of benzene rings is 1. The molecule has 0 bridgehead atoms. The van der Waals surface area contributed by atoms with E-state index in [4.69, 9.17) is 14.2 Å². The molecule has 0 atom stereocenters. The molecule has 0 fully saturated rings. The van der Waals surface area contributed by atoms with Crippen LogP contribution in [0.1, 0.15) is 24.2 Å².